The number of anilines is 2. The van der Waals surface area contributed by atoms with E-state index in [4.69, 9.17) is 4.74 Å². The first kappa shape index (κ1) is 19.5. The number of amides is 2. The molecule has 3 rings (SSSR count). The monoisotopic (exact) mass is 388 g/mol. The molecule has 0 bridgehead atoms. The van der Waals surface area contributed by atoms with E-state index < -0.39 is 29.6 Å². The molecule has 2 amide bonds. The van der Waals surface area contributed by atoms with Crippen molar-refractivity contribution in [1.82, 2.24) is 0 Å². The molecule has 1 aliphatic rings. The Morgan fingerprint density at radius 1 is 1.14 bits per heavy atom. The summed E-state index contributed by atoms with van der Waals surface area (Å²) in [5, 5.41) is 2.18. The van der Waals surface area contributed by atoms with Gasteiger partial charge in [0.25, 0.3) is 5.91 Å². The number of rotatable bonds is 5. The second-order valence-electron chi connectivity index (χ2n) is 6.36. The summed E-state index contributed by atoms with van der Waals surface area (Å²) in [5.74, 6) is -3.03. The van der Waals surface area contributed by atoms with Crippen LogP contribution < -0.4 is 10.2 Å². The van der Waals surface area contributed by atoms with Crippen LogP contribution >= 0.6 is 0 Å². The van der Waals surface area contributed by atoms with Gasteiger partial charge >= 0.3 is 5.97 Å². The van der Waals surface area contributed by atoms with E-state index in [0.29, 0.717) is 18.7 Å². The lowest BCUT2D eigenvalue weighted by Crippen LogP contribution is -2.30. The van der Waals surface area contributed by atoms with Crippen molar-refractivity contribution in [3.05, 3.63) is 59.7 Å². The zero-order valence-corrected chi connectivity index (χ0v) is 15.1. The normalized spacial score (nSPS) is 14.7. The van der Waals surface area contributed by atoms with E-state index in [1.165, 1.54) is 19.1 Å². The first-order valence-electron chi connectivity index (χ1n) is 8.72. The highest BCUT2D eigenvalue weighted by Crippen LogP contribution is 2.22. The molecule has 6 nitrogen and oxygen atoms in total. The maximum absolute atomic E-state index is 13.6. The van der Waals surface area contributed by atoms with Gasteiger partial charge in [0, 0.05) is 24.7 Å². The van der Waals surface area contributed by atoms with Gasteiger partial charge in [0.2, 0.25) is 5.91 Å². The molecule has 1 fully saturated rings. The van der Waals surface area contributed by atoms with E-state index in [1.54, 1.807) is 17.0 Å². The fraction of sp³-hybridized carbons (Fsp3) is 0.250. The average molecular weight is 388 g/mol. The van der Waals surface area contributed by atoms with E-state index in [-0.39, 0.29) is 17.2 Å². The smallest absolute Gasteiger partial charge is 0.338 e. The van der Waals surface area contributed by atoms with Gasteiger partial charge in [-0.05, 0) is 49.7 Å². The van der Waals surface area contributed by atoms with E-state index in [0.717, 1.165) is 24.6 Å². The van der Waals surface area contributed by atoms with Crippen LogP contribution in [0.25, 0.3) is 0 Å². The van der Waals surface area contributed by atoms with Crippen molar-refractivity contribution in [3.8, 4) is 0 Å². The Morgan fingerprint density at radius 3 is 2.50 bits per heavy atom. The van der Waals surface area contributed by atoms with E-state index in [9.17, 15) is 23.2 Å². The van der Waals surface area contributed by atoms with Crippen molar-refractivity contribution in [1.29, 1.82) is 0 Å². The van der Waals surface area contributed by atoms with Crippen LogP contribution in [0.3, 0.4) is 0 Å². The predicted octanol–water partition coefficient (Wildman–Crippen LogP) is 3.28. The van der Waals surface area contributed by atoms with Crippen molar-refractivity contribution < 1.29 is 27.9 Å². The predicted molar refractivity (Wildman–Crippen MR) is 97.9 cm³/mol. The highest BCUT2D eigenvalue weighted by molar-refractivity contribution is 5.98. The maximum atomic E-state index is 13.6. The first-order valence-corrected chi connectivity index (χ1v) is 8.72. The Labute approximate surface area is 160 Å². The molecular formula is C20H18F2N2O4. The summed E-state index contributed by atoms with van der Waals surface area (Å²) in [6, 6.07) is 8.90. The SMILES string of the molecule is C[C@H](OC(=O)c1ccc(N2CCCC2=O)cc1)C(=O)Nc1cc(F)ccc1F. The van der Waals surface area contributed by atoms with Crippen LogP contribution in [0.1, 0.15) is 30.1 Å². The minimum atomic E-state index is -1.23. The molecule has 1 aliphatic heterocycles. The van der Waals surface area contributed by atoms with Crippen molar-refractivity contribution in [2.75, 3.05) is 16.8 Å². The number of nitrogens with zero attached hydrogens (tertiary/aromatic N) is 1. The molecule has 1 heterocycles. The lowest BCUT2D eigenvalue weighted by Gasteiger charge is -2.16. The van der Waals surface area contributed by atoms with E-state index in [1.807, 2.05) is 0 Å². The molecule has 8 heteroatoms. The fourth-order valence-electron chi connectivity index (χ4n) is 2.81. The van der Waals surface area contributed by atoms with Crippen LogP contribution in [0.15, 0.2) is 42.5 Å². The fourth-order valence-corrected chi connectivity index (χ4v) is 2.81. The Kier molecular flexibility index (Phi) is 5.67. The highest BCUT2D eigenvalue weighted by atomic mass is 19.1. The van der Waals surface area contributed by atoms with Gasteiger partial charge in [0.15, 0.2) is 6.10 Å². The second kappa shape index (κ2) is 8.16. The molecule has 0 radical (unpaired) electrons. The van der Waals surface area contributed by atoms with Crippen molar-refractivity contribution >= 4 is 29.2 Å². The van der Waals surface area contributed by atoms with Gasteiger partial charge in [-0.15, -0.1) is 0 Å². The molecule has 0 spiro atoms. The molecule has 0 aromatic heterocycles. The Morgan fingerprint density at radius 2 is 1.86 bits per heavy atom. The standard InChI is InChI=1S/C20H18F2N2O4/c1-12(19(26)23-17-11-14(21)6-9-16(17)22)28-20(27)13-4-7-15(8-5-13)24-10-2-3-18(24)25/h4-9,11-12H,2-3,10H2,1H3,(H,23,26)/t12-/m0/s1. The number of hydrogen-bond acceptors (Lipinski definition) is 4. The quantitative estimate of drug-likeness (QED) is 0.798. The number of hydrogen-bond donors (Lipinski definition) is 1. The van der Waals surface area contributed by atoms with E-state index >= 15 is 0 Å². The van der Waals surface area contributed by atoms with Crippen LogP contribution in [-0.2, 0) is 14.3 Å². The van der Waals surface area contributed by atoms with Crippen LogP contribution in [0, 0.1) is 11.6 Å². The highest BCUT2D eigenvalue weighted by Gasteiger charge is 2.23. The summed E-state index contributed by atoms with van der Waals surface area (Å²) in [6.07, 6.45) is 0.0683. The number of halogens is 2. The first-order chi connectivity index (χ1) is 13.3. The molecule has 1 N–H and O–H groups in total. The van der Waals surface area contributed by atoms with Gasteiger partial charge in [0.1, 0.15) is 11.6 Å². The topological polar surface area (TPSA) is 75.7 Å². The molecule has 2 aromatic rings. The van der Waals surface area contributed by atoms with Crippen molar-refractivity contribution in [2.45, 2.75) is 25.9 Å². The lowest BCUT2D eigenvalue weighted by molar-refractivity contribution is -0.123. The molecule has 28 heavy (non-hydrogen) atoms. The number of esters is 1. The van der Waals surface area contributed by atoms with Crippen LogP contribution in [-0.4, -0.2) is 30.4 Å². The number of nitrogens with one attached hydrogen (secondary N) is 1. The summed E-state index contributed by atoms with van der Waals surface area (Å²) >= 11 is 0. The zero-order valence-electron chi connectivity index (χ0n) is 15.1. The summed E-state index contributed by atoms with van der Waals surface area (Å²) < 4.78 is 31.8. The minimum Gasteiger partial charge on any atom is -0.449 e. The second-order valence-corrected chi connectivity index (χ2v) is 6.36. The zero-order chi connectivity index (χ0) is 20.3. The Balaban J connectivity index is 1.61. The van der Waals surface area contributed by atoms with Gasteiger partial charge in [-0.1, -0.05) is 0 Å². The van der Waals surface area contributed by atoms with Gasteiger partial charge < -0.3 is 15.0 Å². The minimum absolute atomic E-state index is 0.0326. The molecular weight excluding hydrogens is 370 g/mol. The van der Waals surface area contributed by atoms with E-state index in [2.05, 4.69) is 5.32 Å². The third-order valence-corrected chi connectivity index (χ3v) is 4.33. The maximum Gasteiger partial charge on any atom is 0.338 e. The van der Waals surface area contributed by atoms with Crippen molar-refractivity contribution in [3.63, 3.8) is 0 Å². The molecule has 146 valence electrons. The molecule has 1 saturated heterocycles. The summed E-state index contributed by atoms with van der Waals surface area (Å²) in [4.78, 5) is 37.7. The molecule has 0 aliphatic carbocycles. The third kappa shape index (κ3) is 4.33. The Hall–Kier alpha value is -3.29. The molecule has 0 saturated carbocycles. The number of carbonyl (C=O) groups excluding carboxylic acids is 3. The van der Waals surface area contributed by atoms with Crippen molar-refractivity contribution in [2.24, 2.45) is 0 Å². The number of ether oxygens (including phenoxy) is 1. The van der Waals surface area contributed by atoms with Gasteiger partial charge in [-0.3, -0.25) is 9.59 Å². The summed E-state index contributed by atoms with van der Waals surface area (Å²) in [5.41, 5.74) is 0.547. The van der Waals surface area contributed by atoms with Crippen LogP contribution in [0.2, 0.25) is 0 Å². The molecule has 0 unspecified atom stereocenters. The van der Waals surface area contributed by atoms with Crippen LogP contribution in [0.4, 0.5) is 20.2 Å². The van der Waals surface area contributed by atoms with Gasteiger partial charge in [0.05, 0.1) is 11.3 Å². The van der Waals surface area contributed by atoms with Gasteiger partial charge in [-0.2, -0.15) is 0 Å². The molecule has 2 aromatic carbocycles. The summed E-state index contributed by atoms with van der Waals surface area (Å²) in [6.45, 7) is 1.96. The van der Waals surface area contributed by atoms with Crippen LogP contribution in [0.5, 0.6) is 0 Å². The lowest BCUT2D eigenvalue weighted by atomic mass is 10.2. The molecule has 1 atom stereocenters. The summed E-state index contributed by atoms with van der Waals surface area (Å²) in [7, 11) is 0. The number of benzene rings is 2. The third-order valence-electron chi connectivity index (χ3n) is 4.33. The Bertz CT molecular complexity index is 915. The van der Waals surface area contributed by atoms with Gasteiger partial charge in [-0.25, -0.2) is 13.6 Å². The number of carbonyl (C=O) groups is 3. The average Bonchev–Trinajstić information content (AvgIpc) is 3.10. The largest absolute Gasteiger partial charge is 0.449 e.